The number of carbonyl (C=O) groups is 2. The third kappa shape index (κ3) is 4.52. The molecular weight excluding hydrogens is 242 g/mol. The topological polar surface area (TPSA) is 70.8 Å². The summed E-state index contributed by atoms with van der Waals surface area (Å²) >= 11 is 1.41. The Morgan fingerprint density at radius 1 is 1.41 bits per heavy atom. The molecule has 0 aromatic carbocycles. The molecule has 1 N–H and O–H groups in total. The molecule has 0 saturated heterocycles. The number of carbonyl (C=O) groups excluding carboxylic acids is 1. The largest absolute Gasteiger partial charge is 0.475 e. The Kier molecular flexibility index (Phi) is 5.09. The number of furan rings is 1. The number of amides is 1. The number of thioether (sulfide) groups is 1. The van der Waals surface area contributed by atoms with Gasteiger partial charge in [0.05, 0.1) is 0 Å². The van der Waals surface area contributed by atoms with Crippen LogP contribution >= 0.6 is 11.8 Å². The van der Waals surface area contributed by atoms with Crippen molar-refractivity contribution in [2.24, 2.45) is 0 Å². The van der Waals surface area contributed by atoms with Crippen LogP contribution in [-0.4, -0.2) is 41.7 Å². The van der Waals surface area contributed by atoms with Crippen molar-refractivity contribution >= 4 is 23.6 Å². The van der Waals surface area contributed by atoms with Crippen molar-refractivity contribution in [1.29, 1.82) is 0 Å². The Morgan fingerprint density at radius 3 is 2.65 bits per heavy atom. The fraction of sp³-hybridized carbons (Fsp3) is 0.455. The molecule has 0 spiro atoms. The van der Waals surface area contributed by atoms with Gasteiger partial charge in [-0.1, -0.05) is 11.8 Å². The molecule has 0 radical (unpaired) electrons. The van der Waals surface area contributed by atoms with Crippen molar-refractivity contribution in [3.8, 4) is 0 Å². The molecule has 0 bridgehead atoms. The van der Waals surface area contributed by atoms with Crippen molar-refractivity contribution in [1.82, 2.24) is 4.90 Å². The summed E-state index contributed by atoms with van der Waals surface area (Å²) in [5, 5.41) is 9.22. The highest BCUT2D eigenvalue weighted by atomic mass is 32.2. The second-order valence-electron chi connectivity index (χ2n) is 3.66. The van der Waals surface area contributed by atoms with Gasteiger partial charge in [0.25, 0.3) is 0 Å². The summed E-state index contributed by atoms with van der Waals surface area (Å²) in [6, 6.07) is 3.05. The highest BCUT2D eigenvalue weighted by molar-refractivity contribution is 7.99. The highest BCUT2D eigenvalue weighted by Crippen LogP contribution is 2.22. The Hall–Kier alpha value is -1.43. The molecule has 1 aromatic heterocycles. The van der Waals surface area contributed by atoms with Crippen LogP contribution in [-0.2, 0) is 4.79 Å². The fourth-order valence-electron chi connectivity index (χ4n) is 1.13. The summed E-state index contributed by atoms with van der Waals surface area (Å²) in [7, 11) is 3.45. The molecule has 6 heteroatoms. The summed E-state index contributed by atoms with van der Waals surface area (Å²) in [5.41, 5.74) is 0. The summed E-state index contributed by atoms with van der Waals surface area (Å²) in [5.74, 6) is -0.306. The van der Waals surface area contributed by atoms with Crippen LogP contribution in [0, 0.1) is 0 Å². The van der Waals surface area contributed by atoms with Gasteiger partial charge in [-0.05, 0) is 18.6 Å². The Labute approximate surface area is 104 Å². The van der Waals surface area contributed by atoms with E-state index in [-0.39, 0.29) is 11.7 Å². The number of hydrogen-bond acceptors (Lipinski definition) is 4. The van der Waals surface area contributed by atoms with E-state index in [2.05, 4.69) is 0 Å². The van der Waals surface area contributed by atoms with E-state index >= 15 is 0 Å². The van der Waals surface area contributed by atoms with Gasteiger partial charge < -0.3 is 14.4 Å². The molecule has 1 amide bonds. The van der Waals surface area contributed by atoms with E-state index in [4.69, 9.17) is 9.52 Å². The first kappa shape index (κ1) is 13.6. The van der Waals surface area contributed by atoms with E-state index in [9.17, 15) is 9.59 Å². The summed E-state index contributed by atoms with van der Waals surface area (Å²) < 4.78 is 5.07. The van der Waals surface area contributed by atoms with Gasteiger partial charge in [0.2, 0.25) is 11.7 Å². The van der Waals surface area contributed by atoms with E-state index in [1.54, 1.807) is 25.1 Å². The predicted molar refractivity (Wildman–Crippen MR) is 64.3 cm³/mol. The van der Waals surface area contributed by atoms with E-state index in [0.717, 1.165) is 12.2 Å². The van der Waals surface area contributed by atoms with Gasteiger partial charge in [0, 0.05) is 26.3 Å². The molecule has 1 aromatic rings. The van der Waals surface area contributed by atoms with Gasteiger partial charge >= 0.3 is 5.97 Å². The van der Waals surface area contributed by atoms with Crippen molar-refractivity contribution in [3.05, 3.63) is 17.9 Å². The van der Waals surface area contributed by atoms with E-state index in [1.165, 1.54) is 17.8 Å². The Morgan fingerprint density at radius 2 is 2.12 bits per heavy atom. The molecule has 0 unspecified atom stereocenters. The number of nitrogens with zero attached hydrogens (tertiary/aromatic N) is 1. The minimum absolute atomic E-state index is 0.0585. The molecule has 94 valence electrons. The maximum atomic E-state index is 11.3. The number of aromatic carboxylic acids is 1. The third-order valence-electron chi connectivity index (χ3n) is 2.07. The van der Waals surface area contributed by atoms with Gasteiger partial charge in [0.1, 0.15) is 0 Å². The molecule has 1 heterocycles. The Bertz CT molecular complexity index is 400. The van der Waals surface area contributed by atoms with Crippen LogP contribution in [0.4, 0.5) is 0 Å². The highest BCUT2D eigenvalue weighted by Gasteiger charge is 2.09. The zero-order valence-electron chi connectivity index (χ0n) is 9.80. The zero-order chi connectivity index (χ0) is 12.8. The fourth-order valence-corrected chi connectivity index (χ4v) is 1.94. The van der Waals surface area contributed by atoms with Crippen LogP contribution < -0.4 is 0 Å². The maximum absolute atomic E-state index is 11.3. The summed E-state index contributed by atoms with van der Waals surface area (Å²) in [6.45, 7) is 0. The first-order chi connectivity index (χ1) is 8.00. The van der Waals surface area contributed by atoms with Crippen LogP contribution in [0.2, 0.25) is 0 Å². The second-order valence-corrected chi connectivity index (χ2v) is 4.76. The molecule has 1 rings (SSSR count). The van der Waals surface area contributed by atoms with Gasteiger partial charge in [-0.2, -0.15) is 0 Å². The molecule has 0 aliphatic carbocycles. The van der Waals surface area contributed by atoms with Gasteiger partial charge in [0.15, 0.2) is 5.09 Å². The minimum Gasteiger partial charge on any atom is -0.475 e. The lowest BCUT2D eigenvalue weighted by atomic mass is 10.3. The molecule has 0 atom stereocenters. The van der Waals surface area contributed by atoms with Crippen molar-refractivity contribution < 1.29 is 19.1 Å². The van der Waals surface area contributed by atoms with Crippen molar-refractivity contribution in [2.75, 3.05) is 19.8 Å². The monoisotopic (exact) mass is 257 g/mol. The van der Waals surface area contributed by atoms with E-state index in [0.29, 0.717) is 11.5 Å². The number of rotatable bonds is 6. The van der Waals surface area contributed by atoms with Gasteiger partial charge in [-0.15, -0.1) is 0 Å². The summed E-state index contributed by atoms with van der Waals surface area (Å²) in [6.07, 6.45) is 1.23. The van der Waals surface area contributed by atoms with Gasteiger partial charge in [-0.25, -0.2) is 4.79 Å². The standard InChI is InChI=1S/C11H15NO4S/c1-12(2)9(13)4-3-7-17-10-6-5-8(16-10)11(14)15/h5-6H,3-4,7H2,1-2H3,(H,14,15). The van der Waals surface area contributed by atoms with Crippen LogP contribution in [0.1, 0.15) is 23.4 Å². The third-order valence-corrected chi connectivity index (χ3v) is 3.07. The minimum atomic E-state index is -1.07. The van der Waals surface area contributed by atoms with Gasteiger partial charge in [-0.3, -0.25) is 4.79 Å². The number of carboxylic acid groups (broad SMARTS) is 1. The molecule has 0 aliphatic heterocycles. The SMILES string of the molecule is CN(C)C(=O)CCCSc1ccc(C(=O)O)o1. The van der Waals surface area contributed by atoms with Crippen LogP contribution in [0.5, 0.6) is 0 Å². The van der Waals surface area contributed by atoms with E-state index in [1.807, 2.05) is 0 Å². The van der Waals surface area contributed by atoms with Crippen LogP contribution in [0.15, 0.2) is 21.6 Å². The molecule has 17 heavy (non-hydrogen) atoms. The zero-order valence-corrected chi connectivity index (χ0v) is 10.6. The Balaban J connectivity index is 2.26. The molecule has 0 saturated carbocycles. The first-order valence-corrected chi connectivity index (χ1v) is 6.15. The van der Waals surface area contributed by atoms with E-state index < -0.39 is 5.97 Å². The molecule has 0 aliphatic rings. The molecular formula is C11H15NO4S. The lowest BCUT2D eigenvalue weighted by molar-refractivity contribution is -0.128. The normalized spacial score (nSPS) is 10.2. The predicted octanol–water partition coefficient (Wildman–Crippen LogP) is 1.94. The lowest BCUT2D eigenvalue weighted by Crippen LogP contribution is -2.21. The maximum Gasteiger partial charge on any atom is 0.371 e. The molecule has 0 fully saturated rings. The number of carboxylic acids is 1. The van der Waals surface area contributed by atoms with Crippen LogP contribution in [0.25, 0.3) is 0 Å². The summed E-state index contributed by atoms with van der Waals surface area (Å²) in [4.78, 5) is 23.4. The quantitative estimate of drug-likeness (QED) is 0.623. The lowest BCUT2D eigenvalue weighted by Gasteiger charge is -2.08. The first-order valence-electron chi connectivity index (χ1n) is 5.17. The van der Waals surface area contributed by atoms with Crippen molar-refractivity contribution in [2.45, 2.75) is 17.9 Å². The van der Waals surface area contributed by atoms with Crippen molar-refractivity contribution in [3.63, 3.8) is 0 Å². The molecule has 5 nitrogen and oxygen atoms in total. The average molecular weight is 257 g/mol. The number of hydrogen-bond donors (Lipinski definition) is 1. The average Bonchev–Trinajstić information content (AvgIpc) is 2.72. The second kappa shape index (κ2) is 6.34. The smallest absolute Gasteiger partial charge is 0.371 e. The van der Waals surface area contributed by atoms with Crippen LogP contribution in [0.3, 0.4) is 0 Å².